The third kappa shape index (κ3) is 3.63. The Morgan fingerprint density at radius 1 is 1.26 bits per heavy atom. The van der Waals surface area contributed by atoms with Gasteiger partial charge >= 0.3 is 5.69 Å². The third-order valence-corrected chi connectivity index (χ3v) is 2.22. The second-order valence-electron chi connectivity index (χ2n) is 3.98. The molecule has 0 aliphatic heterocycles. The van der Waals surface area contributed by atoms with E-state index in [9.17, 15) is 4.79 Å². The molecule has 1 aromatic heterocycles. The first kappa shape index (κ1) is 12.7. The maximum Gasteiger partial charge on any atom is 0.351 e. The van der Waals surface area contributed by atoms with Crippen LogP contribution in [0.25, 0.3) is 0 Å². The summed E-state index contributed by atoms with van der Waals surface area (Å²) in [6.07, 6.45) is 1.63. The van der Waals surface area contributed by atoms with Crippen LogP contribution in [-0.2, 0) is 0 Å². The van der Waals surface area contributed by atoms with Crippen LogP contribution >= 0.6 is 0 Å². The van der Waals surface area contributed by atoms with Gasteiger partial charge in [-0.15, -0.1) is 0 Å². The van der Waals surface area contributed by atoms with Crippen LogP contribution < -0.4 is 16.0 Å². The van der Waals surface area contributed by atoms with E-state index in [4.69, 9.17) is 0 Å². The summed E-state index contributed by atoms with van der Waals surface area (Å²) in [7, 11) is 3.51. The first-order chi connectivity index (χ1) is 9.15. The van der Waals surface area contributed by atoms with Crippen molar-refractivity contribution in [3.63, 3.8) is 0 Å². The SMILES string of the molecule is CN(C)c1nc(N/N=C/c2ccccc2)[nH]c(=O)n1. The second-order valence-corrected chi connectivity index (χ2v) is 3.98. The molecule has 0 amide bonds. The van der Waals surface area contributed by atoms with Gasteiger partial charge in [0.15, 0.2) is 0 Å². The summed E-state index contributed by atoms with van der Waals surface area (Å²) in [4.78, 5) is 23.2. The number of benzene rings is 1. The standard InChI is InChI=1S/C12H14N6O/c1-18(2)11-14-10(15-12(19)16-11)17-13-8-9-6-4-3-5-7-9/h3-8H,1-2H3,(H2,14,15,16,17,19)/b13-8+. The van der Waals surface area contributed by atoms with Crippen molar-refractivity contribution in [1.29, 1.82) is 0 Å². The Morgan fingerprint density at radius 2 is 2.00 bits per heavy atom. The van der Waals surface area contributed by atoms with Crippen molar-refractivity contribution in [1.82, 2.24) is 15.0 Å². The van der Waals surface area contributed by atoms with E-state index in [1.165, 1.54) is 0 Å². The van der Waals surface area contributed by atoms with Crippen molar-refractivity contribution in [2.75, 3.05) is 24.4 Å². The Labute approximate surface area is 110 Å². The molecule has 0 radical (unpaired) electrons. The molecular formula is C12H14N6O. The monoisotopic (exact) mass is 258 g/mol. The van der Waals surface area contributed by atoms with Gasteiger partial charge in [-0.3, -0.25) is 4.98 Å². The van der Waals surface area contributed by atoms with Gasteiger partial charge in [0.25, 0.3) is 0 Å². The molecule has 19 heavy (non-hydrogen) atoms. The fraction of sp³-hybridized carbons (Fsp3) is 0.167. The molecule has 7 nitrogen and oxygen atoms in total. The predicted octanol–water partition coefficient (Wildman–Crippen LogP) is 0.677. The molecule has 0 fully saturated rings. The number of anilines is 2. The fourth-order valence-electron chi connectivity index (χ4n) is 1.33. The number of aromatic amines is 1. The number of hydrazone groups is 1. The molecule has 0 bridgehead atoms. The molecule has 2 aromatic rings. The Morgan fingerprint density at radius 3 is 2.68 bits per heavy atom. The fourth-order valence-corrected chi connectivity index (χ4v) is 1.33. The van der Waals surface area contributed by atoms with Gasteiger partial charge in [0.2, 0.25) is 11.9 Å². The van der Waals surface area contributed by atoms with Crippen molar-refractivity contribution >= 4 is 18.1 Å². The summed E-state index contributed by atoms with van der Waals surface area (Å²) in [5.41, 5.74) is 3.13. The number of hydrogen-bond acceptors (Lipinski definition) is 6. The van der Waals surface area contributed by atoms with Crippen LogP contribution in [0.2, 0.25) is 0 Å². The number of hydrogen-bond donors (Lipinski definition) is 2. The summed E-state index contributed by atoms with van der Waals surface area (Å²) in [5, 5.41) is 4.00. The Balaban J connectivity index is 2.12. The topological polar surface area (TPSA) is 86.3 Å². The van der Waals surface area contributed by atoms with Crippen LogP contribution in [0.5, 0.6) is 0 Å². The van der Waals surface area contributed by atoms with Crippen molar-refractivity contribution in [2.45, 2.75) is 0 Å². The number of nitrogens with one attached hydrogen (secondary N) is 2. The molecule has 0 unspecified atom stereocenters. The Kier molecular flexibility index (Phi) is 3.87. The van der Waals surface area contributed by atoms with Gasteiger partial charge in [0.05, 0.1) is 6.21 Å². The lowest BCUT2D eigenvalue weighted by atomic mass is 10.2. The maximum absolute atomic E-state index is 11.3. The normalized spacial score (nSPS) is 10.6. The Bertz CT molecular complexity index is 620. The second kappa shape index (κ2) is 5.76. The van der Waals surface area contributed by atoms with E-state index in [1.807, 2.05) is 30.3 Å². The van der Waals surface area contributed by atoms with E-state index < -0.39 is 5.69 Å². The highest BCUT2D eigenvalue weighted by atomic mass is 16.1. The lowest BCUT2D eigenvalue weighted by Crippen LogP contribution is -2.21. The highest BCUT2D eigenvalue weighted by molar-refractivity contribution is 5.79. The van der Waals surface area contributed by atoms with Crippen LogP contribution in [0.15, 0.2) is 40.2 Å². The molecule has 0 saturated carbocycles. The van der Waals surface area contributed by atoms with Crippen LogP contribution in [0.3, 0.4) is 0 Å². The summed E-state index contributed by atoms with van der Waals surface area (Å²) < 4.78 is 0. The third-order valence-electron chi connectivity index (χ3n) is 2.22. The molecule has 1 aromatic carbocycles. The van der Waals surface area contributed by atoms with Crippen molar-refractivity contribution in [2.24, 2.45) is 5.10 Å². The van der Waals surface area contributed by atoms with Gasteiger partial charge in [0, 0.05) is 14.1 Å². The number of H-pyrrole nitrogens is 1. The predicted molar refractivity (Wildman–Crippen MR) is 74.6 cm³/mol. The van der Waals surface area contributed by atoms with Gasteiger partial charge in [0.1, 0.15) is 0 Å². The van der Waals surface area contributed by atoms with Crippen molar-refractivity contribution in [3.8, 4) is 0 Å². The molecule has 2 rings (SSSR count). The Hall–Kier alpha value is -2.70. The van der Waals surface area contributed by atoms with Crippen LogP contribution in [-0.4, -0.2) is 35.3 Å². The lowest BCUT2D eigenvalue weighted by Gasteiger charge is -2.09. The minimum absolute atomic E-state index is 0.246. The molecule has 0 saturated heterocycles. The molecule has 0 aliphatic rings. The van der Waals surface area contributed by atoms with E-state index in [1.54, 1.807) is 25.2 Å². The van der Waals surface area contributed by atoms with E-state index in [0.29, 0.717) is 5.95 Å². The zero-order valence-electron chi connectivity index (χ0n) is 10.7. The van der Waals surface area contributed by atoms with Gasteiger partial charge < -0.3 is 4.90 Å². The minimum Gasteiger partial charge on any atom is -0.347 e. The van der Waals surface area contributed by atoms with Crippen LogP contribution in [0.4, 0.5) is 11.9 Å². The molecule has 1 heterocycles. The number of rotatable bonds is 4. The summed E-state index contributed by atoms with van der Waals surface area (Å²) in [6, 6.07) is 9.59. The quantitative estimate of drug-likeness (QED) is 0.622. The van der Waals surface area contributed by atoms with Crippen LogP contribution in [0, 0.1) is 0 Å². The molecule has 2 N–H and O–H groups in total. The van der Waals surface area contributed by atoms with Crippen molar-refractivity contribution in [3.05, 3.63) is 46.4 Å². The van der Waals surface area contributed by atoms with Crippen LogP contribution in [0.1, 0.15) is 5.56 Å². The van der Waals surface area contributed by atoms with E-state index in [2.05, 4.69) is 25.5 Å². The largest absolute Gasteiger partial charge is 0.351 e. The van der Waals surface area contributed by atoms with Gasteiger partial charge in [-0.1, -0.05) is 30.3 Å². The summed E-state index contributed by atoms with van der Waals surface area (Å²) in [6.45, 7) is 0. The highest BCUT2D eigenvalue weighted by Crippen LogP contribution is 2.02. The molecule has 7 heteroatoms. The minimum atomic E-state index is -0.476. The smallest absolute Gasteiger partial charge is 0.347 e. The molecular weight excluding hydrogens is 244 g/mol. The van der Waals surface area contributed by atoms with E-state index >= 15 is 0 Å². The zero-order chi connectivity index (χ0) is 13.7. The van der Waals surface area contributed by atoms with Gasteiger partial charge in [-0.25, -0.2) is 10.2 Å². The number of aromatic nitrogens is 3. The average Bonchev–Trinajstić information content (AvgIpc) is 2.39. The number of nitrogens with zero attached hydrogens (tertiary/aromatic N) is 4. The summed E-state index contributed by atoms with van der Waals surface area (Å²) in [5.74, 6) is 0.567. The van der Waals surface area contributed by atoms with E-state index in [-0.39, 0.29) is 5.95 Å². The lowest BCUT2D eigenvalue weighted by molar-refractivity contribution is 0.920. The molecule has 98 valence electrons. The van der Waals surface area contributed by atoms with Gasteiger partial charge in [-0.2, -0.15) is 15.1 Å². The first-order valence-corrected chi connectivity index (χ1v) is 5.65. The van der Waals surface area contributed by atoms with Gasteiger partial charge in [-0.05, 0) is 5.56 Å². The maximum atomic E-state index is 11.3. The first-order valence-electron chi connectivity index (χ1n) is 5.65. The molecule has 0 aliphatic carbocycles. The molecule has 0 atom stereocenters. The highest BCUT2D eigenvalue weighted by Gasteiger charge is 2.03. The van der Waals surface area contributed by atoms with Crippen molar-refractivity contribution < 1.29 is 0 Å². The average molecular weight is 258 g/mol. The van der Waals surface area contributed by atoms with E-state index in [0.717, 1.165) is 5.56 Å². The zero-order valence-corrected chi connectivity index (χ0v) is 10.7. The molecule has 0 spiro atoms. The summed E-state index contributed by atoms with van der Waals surface area (Å²) >= 11 is 0.